The zero-order chi connectivity index (χ0) is 21.1. The van der Waals surface area contributed by atoms with Crippen LogP contribution in [0, 0.1) is 16.0 Å². The van der Waals surface area contributed by atoms with E-state index in [1.807, 2.05) is 0 Å². The Kier molecular flexibility index (Phi) is 6.27. The van der Waals surface area contributed by atoms with Crippen molar-refractivity contribution in [2.75, 3.05) is 19.6 Å². The van der Waals surface area contributed by atoms with Crippen LogP contribution in [0.25, 0.3) is 0 Å². The van der Waals surface area contributed by atoms with Gasteiger partial charge in [0.15, 0.2) is 0 Å². The molecule has 10 nitrogen and oxygen atoms in total. The van der Waals surface area contributed by atoms with Crippen LogP contribution in [0.1, 0.15) is 12.8 Å². The summed E-state index contributed by atoms with van der Waals surface area (Å²) in [6.07, 6.45) is 3.84. The summed E-state index contributed by atoms with van der Waals surface area (Å²) in [5, 5.41) is 10.7. The second kappa shape index (κ2) is 8.53. The lowest BCUT2D eigenvalue weighted by Crippen LogP contribution is -2.41. The molecular weight excluding hydrogens is 420 g/mol. The van der Waals surface area contributed by atoms with Crippen LogP contribution < -0.4 is 4.72 Å². The number of nitrogens with zero attached hydrogens (tertiary/aromatic N) is 3. The molecule has 0 saturated carbocycles. The predicted molar refractivity (Wildman–Crippen MR) is 104 cm³/mol. The van der Waals surface area contributed by atoms with E-state index in [1.165, 1.54) is 34.9 Å². The highest BCUT2D eigenvalue weighted by Crippen LogP contribution is 2.23. The monoisotopic (exact) mass is 440 g/mol. The molecular formula is C17H20N4O6S2. The maximum Gasteiger partial charge on any atom is 0.269 e. The summed E-state index contributed by atoms with van der Waals surface area (Å²) in [6, 6.07) is 7.69. The molecule has 0 aliphatic carbocycles. The average molecular weight is 441 g/mol. The van der Waals surface area contributed by atoms with Crippen LogP contribution in [0.2, 0.25) is 0 Å². The molecule has 1 saturated heterocycles. The van der Waals surface area contributed by atoms with Crippen molar-refractivity contribution in [2.24, 2.45) is 5.92 Å². The molecule has 2 heterocycles. The van der Waals surface area contributed by atoms with Crippen LogP contribution in [0.4, 0.5) is 5.69 Å². The molecule has 12 heteroatoms. The van der Waals surface area contributed by atoms with E-state index in [4.69, 9.17) is 0 Å². The zero-order valence-electron chi connectivity index (χ0n) is 15.3. The van der Waals surface area contributed by atoms with Gasteiger partial charge in [-0.05, 0) is 43.0 Å². The van der Waals surface area contributed by atoms with E-state index >= 15 is 0 Å². The molecule has 0 spiro atoms. The van der Waals surface area contributed by atoms with E-state index in [1.54, 1.807) is 6.07 Å². The normalized spacial score (nSPS) is 16.6. The average Bonchev–Trinajstić information content (AvgIpc) is 2.73. The summed E-state index contributed by atoms with van der Waals surface area (Å²) < 4.78 is 53.8. The molecule has 0 atom stereocenters. The Labute approximate surface area is 168 Å². The molecule has 0 bridgehead atoms. The quantitative estimate of drug-likeness (QED) is 0.506. The van der Waals surface area contributed by atoms with Crippen LogP contribution in [0.5, 0.6) is 0 Å². The van der Waals surface area contributed by atoms with Crippen molar-refractivity contribution in [1.29, 1.82) is 0 Å². The fourth-order valence-electron chi connectivity index (χ4n) is 3.06. The number of rotatable bonds is 7. The molecule has 0 amide bonds. The number of sulfonamides is 2. The van der Waals surface area contributed by atoms with Gasteiger partial charge in [0.25, 0.3) is 5.69 Å². The van der Waals surface area contributed by atoms with Crippen LogP contribution in [-0.4, -0.2) is 50.7 Å². The van der Waals surface area contributed by atoms with Crippen molar-refractivity contribution < 1.29 is 21.8 Å². The molecule has 1 aromatic carbocycles. The fraction of sp³-hybridized carbons (Fsp3) is 0.353. The number of piperidine rings is 1. The number of benzene rings is 1. The minimum atomic E-state index is -3.80. The number of aromatic nitrogens is 1. The zero-order valence-corrected chi connectivity index (χ0v) is 17.0. The van der Waals surface area contributed by atoms with Gasteiger partial charge in [-0.1, -0.05) is 0 Å². The Balaban J connectivity index is 1.56. The largest absolute Gasteiger partial charge is 0.269 e. The van der Waals surface area contributed by atoms with E-state index in [-0.39, 0.29) is 27.9 Å². The van der Waals surface area contributed by atoms with Crippen LogP contribution >= 0.6 is 0 Å². The van der Waals surface area contributed by atoms with Gasteiger partial charge in [0.2, 0.25) is 20.0 Å². The molecule has 0 unspecified atom stereocenters. The fourth-order valence-corrected chi connectivity index (χ4v) is 5.61. The molecule has 3 rings (SSSR count). The Morgan fingerprint density at radius 3 is 2.28 bits per heavy atom. The summed E-state index contributed by atoms with van der Waals surface area (Å²) in [5.74, 6) is -0.0110. The van der Waals surface area contributed by atoms with Crippen molar-refractivity contribution in [3.05, 3.63) is 58.9 Å². The van der Waals surface area contributed by atoms with E-state index in [9.17, 15) is 26.9 Å². The molecule has 29 heavy (non-hydrogen) atoms. The minimum Gasteiger partial charge on any atom is -0.263 e. The maximum absolute atomic E-state index is 12.6. The van der Waals surface area contributed by atoms with E-state index in [0.717, 1.165) is 12.1 Å². The first-order valence-corrected chi connectivity index (χ1v) is 11.8. The lowest BCUT2D eigenvalue weighted by molar-refractivity contribution is -0.384. The van der Waals surface area contributed by atoms with Gasteiger partial charge in [-0.15, -0.1) is 0 Å². The predicted octanol–water partition coefficient (Wildman–Crippen LogP) is 1.37. The Bertz CT molecular complexity index is 1060. The molecule has 156 valence electrons. The van der Waals surface area contributed by atoms with Crippen molar-refractivity contribution in [1.82, 2.24) is 14.0 Å². The highest BCUT2D eigenvalue weighted by molar-refractivity contribution is 7.89. The van der Waals surface area contributed by atoms with Crippen molar-refractivity contribution >= 4 is 25.7 Å². The van der Waals surface area contributed by atoms with E-state index in [0.29, 0.717) is 25.9 Å². The second-order valence-electron chi connectivity index (χ2n) is 6.64. The Hall–Kier alpha value is -2.41. The number of nitro groups is 1. The highest BCUT2D eigenvalue weighted by Gasteiger charge is 2.30. The third-order valence-electron chi connectivity index (χ3n) is 4.77. The number of hydrogen-bond donors (Lipinski definition) is 1. The molecule has 1 aliphatic rings. The number of nitrogens with one attached hydrogen (secondary N) is 1. The summed E-state index contributed by atoms with van der Waals surface area (Å²) in [6.45, 7) is 0.752. The van der Waals surface area contributed by atoms with Gasteiger partial charge >= 0.3 is 0 Å². The molecule has 2 aromatic rings. The topological polar surface area (TPSA) is 140 Å². The van der Waals surface area contributed by atoms with Crippen molar-refractivity contribution in [2.45, 2.75) is 22.6 Å². The SMILES string of the molecule is O=[N+]([O-])c1ccc(S(=O)(=O)NCC2CCN(S(=O)(=O)c3cccnc3)CC2)cc1. The van der Waals surface area contributed by atoms with Crippen LogP contribution in [-0.2, 0) is 20.0 Å². The first-order valence-electron chi connectivity index (χ1n) is 8.84. The Morgan fingerprint density at radius 1 is 1.07 bits per heavy atom. The molecule has 1 fully saturated rings. The van der Waals surface area contributed by atoms with Gasteiger partial charge in [0, 0.05) is 44.2 Å². The lowest BCUT2D eigenvalue weighted by Gasteiger charge is -2.31. The molecule has 0 radical (unpaired) electrons. The van der Waals surface area contributed by atoms with Crippen molar-refractivity contribution in [3.8, 4) is 0 Å². The van der Waals surface area contributed by atoms with Crippen molar-refractivity contribution in [3.63, 3.8) is 0 Å². The first-order chi connectivity index (χ1) is 13.7. The smallest absolute Gasteiger partial charge is 0.263 e. The van der Waals surface area contributed by atoms with Gasteiger partial charge < -0.3 is 0 Å². The van der Waals surface area contributed by atoms with Gasteiger partial charge in [-0.2, -0.15) is 4.31 Å². The first kappa shape index (κ1) is 21.3. The number of non-ortho nitro benzene ring substituents is 1. The summed E-state index contributed by atoms with van der Waals surface area (Å²) >= 11 is 0. The van der Waals surface area contributed by atoms with Crippen LogP contribution in [0.15, 0.2) is 58.6 Å². The molecule has 1 aromatic heterocycles. The standard InChI is InChI=1S/C17H20N4O6S2/c22-21(23)15-3-5-16(6-4-15)28(24,25)19-12-14-7-10-20(11-8-14)29(26,27)17-2-1-9-18-13-17/h1-6,9,13-14,19H,7-8,10-12H2. The summed E-state index contributed by atoms with van der Waals surface area (Å²) in [4.78, 5) is 14.0. The summed E-state index contributed by atoms with van der Waals surface area (Å²) in [7, 11) is -7.41. The van der Waals surface area contributed by atoms with E-state index < -0.39 is 25.0 Å². The third kappa shape index (κ3) is 4.96. The molecule has 1 N–H and O–H groups in total. The molecule has 1 aliphatic heterocycles. The second-order valence-corrected chi connectivity index (χ2v) is 10.3. The maximum atomic E-state index is 12.6. The van der Waals surface area contributed by atoms with Crippen LogP contribution in [0.3, 0.4) is 0 Å². The number of hydrogen-bond acceptors (Lipinski definition) is 7. The summed E-state index contributed by atoms with van der Waals surface area (Å²) in [5.41, 5.74) is -0.189. The van der Waals surface area contributed by atoms with Gasteiger partial charge in [0.05, 0.1) is 9.82 Å². The number of pyridine rings is 1. The number of nitro benzene ring substituents is 1. The minimum absolute atomic E-state index is 0.0110. The lowest BCUT2D eigenvalue weighted by atomic mass is 9.99. The van der Waals surface area contributed by atoms with E-state index in [2.05, 4.69) is 9.71 Å². The Morgan fingerprint density at radius 2 is 1.72 bits per heavy atom. The third-order valence-corrected chi connectivity index (χ3v) is 8.09. The van der Waals surface area contributed by atoms with Gasteiger partial charge in [0.1, 0.15) is 4.90 Å². The van der Waals surface area contributed by atoms with Gasteiger partial charge in [-0.3, -0.25) is 15.1 Å². The highest BCUT2D eigenvalue weighted by atomic mass is 32.2. The van der Waals surface area contributed by atoms with Gasteiger partial charge in [-0.25, -0.2) is 21.6 Å².